The lowest BCUT2D eigenvalue weighted by molar-refractivity contribution is -0.120. The quantitative estimate of drug-likeness (QED) is 0.811. The van der Waals surface area contributed by atoms with Gasteiger partial charge in [-0.2, -0.15) is 5.26 Å². The molecule has 0 bridgehead atoms. The summed E-state index contributed by atoms with van der Waals surface area (Å²) in [7, 11) is 1.60. The average molecular weight is 262 g/mol. The van der Waals surface area contributed by atoms with Crippen molar-refractivity contribution in [2.75, 3.05) is 20.3 Å². The van der Waals surface area contributed by atoms with Crippen LogP contribution in [0.25, 0.3) is 0 Å². The second-order valence-corrected chi connectivity index (χ2v) is 3.84. The van der Waals surface area contributed by atoms with E-state index in [4.69, 9.17) is 14.7 Å². The van der Waals surface area contributed by atoms with Crippen LogP contribution >= 0.6 is 0 Å². The van der Waals surface area contributed by atoms with E-state index in [1.807, 2.05) is 31.2 Å². The Labute approximate surface area is 113 Å². The summed E-state index contributed by atoms with van der Waals surface area (Å²) >= 11 is 0. The lowest BCUT2D eigenvalue weighted by Crippen LogP contribution is -2.25. The van der Waals surface area contributed by atoms with Gasteiger partial charge in [0.15, 0.2) is 0 Å². The van der Waals surface area contributed by atoms with Crippen molar-refractivity contribution >= 4 is 5.91 Å². The van der Waals surface area contributed by atoms with Crippen molar-refractivity contribution in [1.29, 1.82) is 5.26 Å². The van der Waals surface area contributed by atoms with Crippen LogP contribution < -0.4 is 14.8 Å². The molecule has 1 aromatic rings. The van der Waals surface area contributed by atoms with Gasteiger partial charge in [-0.15, -0.1) is 0 Å². The lowest BCUT2D eigenvalue weighted by Gasteiger charge is -2.12. The molecule has 0 saturated heterocycles. The Kier molecular flexibility index (Phi) is 6.23. The minimum absolute atomic E-state index is 0.110. The molecule has 1 rings (SSSR count). The standard InChI is InChI=1S/C14H18N2O3/c1-3-19-13-10-12(18-2)5-4-11(13)7-9-16-14(17)6-8-15/h4-5,10H,3,6-7,9H2,1-2H3,(H,16,17). The molecule has 0 aliphatic heterocycles. The number of rotatable bonds is 7. The van der Waals surface area contributed by atoms with Gasteiger partial charge in [-0.25, -0.2) is 0 Å². The maximum atomic E-state index is 11.2. The van der Waals surface area contributed by atoms with Crippen LogP contribution in [0, 0.1) is 11.3 Å². The van der Waals surface area contributed by atoms with Crippen LogP contribution in [-0.2, 0) is 11.2 Å². The number of ether oxygens (including phenoxy) is 2. The van der Waals surface area contributed by atoms with Gasteiger partial charge < -0.3 is 14.8 Å². The van der Waals surface area contributed by atoms with E-state index < -0.39 is 0 Å². The van der Waals surface area contributed by atoms with Gasteiger partial charge in [0.2, 0.25) is 5.91 Å². The summed E-state index contributed by atoms with van der Waals surface area (Å²) in [6.45, 7) is 2.96. The third kappa shape index (κ3) is 4.88. The van der Waals surface area contributed by atoms with Gasteiger partial charge in [0.1, 0.15) is 17.9 Å². The Bertz CT molecular complexity index is 466. The molecular formula is C14H18N2O3. The normalized spacial score (nSPS) is 9.53. The number of methoxy groups -OCH3 is 1. The van der Waals surface area contributed by atoms with E-state index in [1.165, 1.54) is 0 Å². The van der Waals surface area contributed by atoms with Gasteiger partial charge >= 0.3 is 0 Å². The van der Waals surface area contributed by atoms with Crippen molar-refractivity contribution in [3.63, 3.8) is 0 Å². The van der Waals surface area contributed by atoms with Gasteiger partial charge in [-0.1, -0.05) is 6.07 Å². The summed E-state index contributed by atoms with van der Waals surface area (Å²) in [6, 6.07) is 7.41. The molecule has 19 heavy (non-hydrogen) atoms. The Morgan fingerprint density at radius 3 is 2.89 bits per heavy atom. The highest BCUT2D eigenvalue weighted by atomic mass is 16.5. The van der Waals surface area contributed by atoms with E-state index in [0.29, 0.717) is 19.6 Å². The molecule has 5 heteroatoms. The summed E-state index contributed by atoms with van der Waals surface area (Å²) in [6.07, 6.45) is 0.539. The minimum Gasteiger partial charge on any atom is -0.497 e. The van der Waals surface area contributed by atoms with Crippen molar-refractivity contribution in [1.82, 2.24) is 5.32 Å². The number of benzene rings is 1. The Morgan fingerprint density at radius 2 is 2.26 bits per heavy atom. The third-order valence-electron chi connectivity index (χ3n) is 2.53. The molecule has 0 saturated carbocycles. The first kappa shape index (κ1) is 14.8. The lowest BCUT2D eigenvalue weighted by atomic mass is 10.1. The molecule has 1 amide bonds. The highest BCUT2D eigenvalue weighted by Gasteiger charge is 2.06. The van der Waals surface area contributed by atoms with E-state index in [2.05, 4.69) is 5.32 Å². The first-order valence-corrected chi connectivity index (χ1v) is 6.14. The molecule has 1 N–H and O–H groups in total. The predicted octanol–water partition coefficient (Wildman–Crippen LogP) is 1.67. The number of carbonyl (C=O) groups is 1. The van der Waals surface area contributed by atoms with Crippen molar-refractivity contribution < 1.29 is 14.3 Å². The number of hydrogen-bond acceptors (Lipinski definition) is 4. The first-order chi connectivity index (χ1) is 9.21. The molecule has 0 atom stereocenters. The van der Waals surface area contributed by atoms with Gasteiger partial charge in [-0.05, 0) is 25.0 Å². The largest absolute Gasteiger partial charge is 0.497 e. The van der Waals surface area contributed by atoms with Crippen LogP contribution in [0.15, 0.2) is 18.2 Å². The molecule has 1 aromatic carbocycles. The number of nitriles is 1. The fraction of sp³-hybridized carbons (Fsp3) is 0.429. The van der Waals surface area contributed by atoms with Crippen molar-refractivity contribution in [2.24, 2.45) is 0 Å². The van der Waals surface area contributed by atoms with E-state index in [1.54, 1.807) is 7.11 Å². The molecule has 0 aromatic heterocycles. The van der Waals surface area contributed by atoms with Crippen molar-refractivity contribution in [3.05, 3.63) is 23.8 Å². The number of nitrogens with zero attached hydrogens (tertiary/aromatic N) is 1. The predicted molar refractivity (Wildman–Crippen MR) is 71.1 cm³/mol. The van der Waals surface area contributed by atoms with Gasteiger partial charge in [0.25, 0.3) is 0 Å². The highest BCUT2D eigenvalue weighted by molar-refractivity contribution is 5.77. The van der Waals surface area contributed by atoms with Gasteiger partial charge in [0, 0.05) is 12.6 Å². The second kappa shape index (κ2) is 7.98. The maximum absolute atomic E-state index is 11.2. The second-order valence-electron chi connectivity index (χ2n) is 3.84. The summed E-state index contributed by atoms with van der Waals surface area (Å²) in [5.74, 6) is 1.24. The average Bonchev–Trinajstić information content (AvgIpc) is 2.41. The SMILES string of the molecule is CCOc1cc(OC)ccc1CCNC(=O)CC#N. The van der Waals surface area contributed by atoms with Crippen LogP contribution in [0.5, 0.6) is 11.5 Å². The molecule has 0 radical (unpaired) electrons. The van der Waals surface area contributed by atoms with E-state index >= 15 is 0 Å². The highest BCUT2D eigenvalue weighted by Crippen LogP contribution is 2.25. The van der Waals surface area contributed by atoms with Crippen LogP contribution in [0.1, 0.15) is 18.9 Å². The van der Waals surface area contributed by atoms with Crippen LogP contribution in [-0.4, -0.2) is 26.2 Å². The molecule has 5 nitrogen and oxygen atoms in total. The van der Waals surface area contributed by atoms with Crippen LogP contribution in [0.4, 0.5) is 0 Å². The molecule has 0 fully saturated rings. The molecule has 0 aliphatic rings. The van der Waals surface area contributed by atoms with E-state index in [9.17, 15) is 4.79 Å². The van der Waals surface area contributed by atoms with E-state index in [-0.39, 0.29) is 12.3 Å². The van der Waals surface area contributed by atoms with Crippen molar-refractivity contribution in [2.45, 2.75) is 19.8 Å². The molecule has 102 valence electrons. The fourth-order valence-corrected chi connectivity index (χ4v) is 1.63. The maximum Gasteiger partial charge on any atom is 0.234 e. The molecule has 0 spiro atoms. The minimum atomic E-state index is -0.256. The summed E-state index contributed by atoms with van der Waals surface area (Å²) in [4.78, 5) is 11.2. The molecular weight excluding hydrogens is 244 g/mol. The Hall–Kier alpha value is -2.22. The molecule has 0 aliphatic carbocycles. The smallest absolute Gasteiger partial charge is 0.234 e. The molecule has 0 unspecified atom stereocenters. The zero-order valence-corrected chi connectivity index (χ0v) is 11.2. The summed E-state index contributed by atoms with van der Waals surface area (Å²) in [5.41, 5.74) is 1.000. The van der Waals surface area contributed by atoms with Crippen molar-refractivity contribution in [3.8, 4) is 17.6 Å². The summed E-state index contributed by atoms with van der Waals surface area (Å²) in [5, 5.41) is 11.1. The van der Waals surface area contributed by atoms with Crippen LogP contribution in [0.2, 0.25) is 0 Å². The number of nitrogens with one attached hydrogen (secondary N) is 1. The first-order valence-electron chi connectivity index (χ1n) is 6.14. The fourth-order valence-electron chi connectivity index (χ4n) is 1.63. The zero-order chi connectivity index (χ0) is 14.1. The van der Waals surface area contributed by atoms with Crippen LogP contribution in [0.3, 0.4) is 0 Å². The van der Waals surface area contributed by atoms with Gasteiger partial charge in [-0.3, -0.25) is 4.79 Å². The number of hydrogen-bond donors (Lipinski definition) is 1. The molecule has 0 heterocycles. The van der Waals surface area contributed by atoms with E-state index in [0.717, 1.165) is 17.1 Å². The Morgan fingerprint density at radius 1 is 1.47 bits per heavy atom. The van der Waals surface area contributed by atoms with Gasteiger partial charge in [0.05, 0.1) is 19.8 Å². The third-order valence-corrected chi connectivity index (χ3v) is 2.53. The summed E-state index contributed by atoms with van der Waals surface area (Å²) < 4.78 is 10.7. The number of amides is 1. The monoisotopic (exact) mass is 262 g/mol. The Balaban J connectivity index is 2.61. The number of carbonyl (C=O) groups excluding carboxylic acids is 1. The topological polar surface area (TPSA) is 71.3 Å². The zero-order valence-electron chi connectivity index (χ0n) is 11.2.